The van der Waals surface area contributed by atoms with E-state index < -0.39 is 36.8 Å². The van der Waals surface area contributed by atoms with Crippen molar-refractivity contribution in [3.8, 4) is 11.5 Å². The minimum absolute atomic E-state index is 0.207. The third-order valence-electron chi connectivity index (χ3n) is 6.73. The Labute approximate surface area is 256 Å². The van der Waals surface area contributed by atoms with Crippen LogP contribution in [0.4, 0.5) is 0 Å². The molecular formula is C30H46O8SSn2. The summed E-state index contributed by atoms with van der Waals surface area (Å²) in [5, 5.41) is 2.46. The van der Waals surface area contributed by atoms with Gasteiger partial charge in [0.25, 0.3) is 0 Å². The van der Waals surface area contributed by atoms with Crippen molar-refractivity contribution in [1.82, 2.24) is 0 Å². The average Bonchev–Trinajstić information content (AvgIpc) is 3.29. The zero-order chi connectivity index (χ0) is 29.3. The van der Waals surface area contributed by atoms with E-state index in [9.17, 15) is 0 Å². The topological polar surface area (TPSA) is 73.8 Å². The standard InChI is InChI=1S/C24H28O8S.6CH3.2Sn/c1-3-19-20-4-2-6-22-24(20)33-23(19)21(5-1)31-15-13-25-7-9-27-17-29-11-12-30-18-28-10-8-26-14-16-32-22;;;;;;;;/h1-4H,7-18H2;6*1H3;;. The summed E-state index contributed by atoms with van der Waals surface area (Å²) in [7, 11) is 0. The molecule has 0 aliphatic carbocycles. The molecule has 0 spiro atoms. The summed E-state index contributed by atoms with van der Waals surface area (Å²) in [6.45, 7) is 5.16. The predicted molar refractivity (Wildman–Crippen MR) is 171 cm³/mol. The van der Waals surface area contributed by atoms with Gasteiger partial charge in [0.1, 0.15) is 0 Å². The SMILES string of the molecule is [CH3][Sn]([CH3])([CH3])[c]1ccc2c3sc4c([c]([Sn]([CH3])([CH3])[CH3])ccc42)OCCOCCOCOCCOCOCCOCCOc13. The monoisotopic (exact) mass is 806 g/mol. The first kappa shape index (κ1) is 33.5. The summed E-state index contributed by atoms with van der Waals surface area (Å²) in [5.74, 6) is 2.06. The third kappa shape index (κ3) is 9.55. The van der Waals surface area contributed by atoms with E-state index in [-0.39, 0.29) is 13.6 Å². The van der Waals surface area contributed by atoms with E-state index in [2.05, 4.69) is 53.9 Å². The maximum atomic E-state index is 6.55. The van der Waals surface area contributed by atoms with Crippen LogP contribution < -0.4 is 16.6 Å². The first-order chi connectivity index (χ1) is 19.7. The fourth-order valence-electron chi connectivity index (χ4n) is 4.64. The molecule has 0 amide bonds. The van der Waals surface area contributed by atoms with Crippen molar-refractivity contribution >= 4 is 75.4 Å². The summed E-state index contributed by atoms with van der Waals surface area (Å²) < 4.78 is 51.7. The number of thiophene rings is 1. The summed E-state index contributed by atoms with van der Waals surface area (Å²) >= 11 is -3.19. The predicted octanol–water partition coefficient (Wildman–Crippen LogP) is 4.93. The molecule has 8 nitrogen and oxygen atoms in total. The van der Waals surface area contributed by atoms with Crippen LogP contribution in [0.1, 0.15) is 0 Å². The Balaban J connectivity index is 1.64. The van der Waals surface area contributed by atoms with E-state index >= 15 is 0 Å². The van der Waals surface area contributed by atoms with E-state index in [0.29, 0.717) is 66.1 Å². The van der Waals surface area contributed by atoms with Crippen molar-refractivity contribution in [1.29, 1.82) is 0 Å². The van der Waals surface area contributed by atoms with Gasteiger partial charge >= 0.3 is 258 Å². The average molecular weight is 804 g/mol. The summed E-state index contributed by atoms with van der Waals surface area (Å²) in [6.07, 6.45) is 0. The molecule has 0 radical (unpaired) electrons. The number of ether oxygens (including phenoxy) is 8. The molecule has 1 aliphatic heterocycles. The van der Waals surface area contributed by atoms with Crippen LogP contribution in [0.2, 0.25) is 29.6 Å². The van der Waals surface area contributed by atoms with Crippen LogP contribution in [0.5, 0.6) is 11.5 Å². The molecule has 0 saturated heterocycles. The normalized spacial score (nSPS) is 18.6. The number of hydrogen-bond acceptors (Lipinski definition) is 9. The summed E-state index contributed by atoms with van der Waals surface area (Å²) in [6, 6.07) is 9.20. The Hall–Kier alpha value is -0.383. The molecule has 4 rings (SSSR count). The zero-order valence-corrected chi connectivity index (χ0v) is 32.0. The Morgan fingerprint density at radius 2 is 0.805 bits per heavy atom. The quantitative estimate of drug-likeness (QED) is 0.338. The molecule has 3 aromatic rings. The molecule has 41 heavy (non-hydrogen) atoms. The number of hydrogen-bond donors (Lipinski definition) is 0. The van der Waals surface area contributed by atoms with Crippen molar-refractivity contribution in [3.05, 3.63) is 24.3 Å². The first-order valence-electron chi connectivity index (χ1n) is 14.4. The summed E-state index contributed by atoms with van der Waals surface area (Å²) in [4.78, 5) is 14.6. The van der Waals surface area contributed by atoms with Gasteiger partial charge in [-0.15, -0.1) is 0 Å². The van der Waals surface area contributed by atoms with E-state index in [1.165, 1.54) is 27.3 Å². The van der Waals surface area contributed by atoms with Gasteiger partial charge in [-0.1, -0.05) is 0 Å². The number of rotatable bonds is 2. The van der Waals surface area contributed by atoms with Crippen LogP contribution in [-0.2, 0) is 28.4 Å². The van der Waals surface area contributed by atoms with Crippen molar-refractivity contribution in [2.75, 3.05) is 79.7 Å². The number of fused-ring (bicyclic) bond motifs is 1. The molecule has 2 bridgehead atoms. The minimum atomic E-state index is -2.50. The molecule has 1 aliphatic rings. The Morgan fingerprint density at radius 1 is 0.463 bits per heavy atom. The molecule has 1 aromatic heterocycles. The fourth-order valence-corrected chi connectivity index (χ4v) is 14.8. The maximum absolute atomic E-state index is 6.55. The number of benzene rings is 2. The van der Waals surface area contributed by atoms with Gasteiger partial charge in [0.2, 0.25) is 0 Å². The van der Waals surface area contributed by atoms with E-state index in [0.717, 1.165) is 11.5 Å². The molecule has 228 valence electrons. The van der Waals surface area contributed by atoms with Gasteiger partial charge in [-0.05, 0) is 0 Å². The van der Waals surface area contributed by atoms with Crippen LogP contribution in [0.3, 0.4) is 0 Å². The van der Waals surface area contributed by atoms with Gasteiger partial charge in [0.05, 0.1) is 0 Å². The van der Waals surface area contributed by atoms with Crippen LogP contribution >= 0.6 is 11.3 Å². The van der Waals surface area contributed by atoms with Gasteiger partial charge in [0.15, 0.2) is 0 Å². The van der Waals surface area contributed by atoms with E-state index in [1.807, 2.05) is 0 Å². The second kappa shape index (κ2) is 16.1. The Bertz CT molecular complexity index is 1160. The molecule has 0 atom stereocenters. The Morgan fingerprint density at radius 3 is 1.17 bits per heavy atom. The van der Waals surface area contributed by atoms with Crippen molar-refractivity contribution in [2.24, 2.45) is 0 Å². The molecule has 0 fully saturated rings. The zero-order valence-electron chi connectivity index (χ0n) is 25.5. The molecular weight excluding hydrogens is 758 g/mol. The van der Waals surface area contributed by atoms with E-state index in [4.69, 9.17) is 37.9 Å². The van der Waals surface area contributed by atoms with Gasteiger partial charge in [-0.2, -0.15) is 0 Å². The molecule has 0 N–H and O–H groups in total. The Kier molecular flexibility index (Phi) is 13.1. The molecule has 0 saturated carbocycles. The fraction of sp³-hybridized carbons (Fsp3) is 0.600. The van der Waals surface area contributed by atoms with Gasteiger partial charge < -0.3 is 0 Å². The van der Waals surface area contributed by atoms with Gasteiger partial charge in [0, 0.05) is 0 Å². The van der Waals surface area contributed by atoms with Crippen LogP contribution in [0.25, 0.3) is 20.2 Å². The van der Waals surface area contributed by atoms with Crippen molar-refractivity contribution in [3.63, 3.8) is 0 Å². The second-order valence-electron chi connectivity index (χ2n) is 12.0. The summed E-state index contributed by atoms with van der Waals surface area (Å²) in [5.41, 5.74) is 0. The van der Waals surface area contributed by atoms with E-state index in [1.54, 1.807) is 11.3 Å². The third-order valence-corrected chi connectivity index (χ3v) is 19.4. The van der Waals surface area contributed by atoms with Crippen LogP contribution in [0, 0.1) is 0 Å². The first-order valence-corrected chi connectivity index (χ1v) is 35.2. The molecule has 0 unspecified atom stereocenters. The van der Waals surface area contributed by atoms with Gasteiger partial charge in [-0.25, -0.2) is 0 Å². The molecule has 2 aromatic carbocycles. The van der Waals surface area contributed by atoms with Crippen LogP contribution in [0.15, 0.2) is 24.3 Å². The van der Waals surface area contributed by atoms with Crippen LogP contribution in [-0.4, -0.2) is 116 Å². The second-order valence-corrected chi connectivity index (χ2v) is 41.8. The van der Waals surface area contributed by atoms with Crippen molar-refractivity contribution < 1.29 is 37.9 Å². The molecule has 11 heteroatoms. The molecule has 2 heterocycles. The van der Waals surface area contributed by atoms with Gasteiger partial charge in [-0.3, -0.25) is 0 Å². The van der Waals surface area contributed by atoms with Crippen molar-refractivity contribution in [2.45, 2.75) is 29.6 Å².